The molecule has 3 aliphatic carbocycles. The molecule has 0 aromatic heterocycles. The van der Waals surface area contributed by atoms with E-state index in [1.807, 2.05) is 6.92 Å². The monoisotopic (exact) mass is 478 g/mol. The maximum absolute atomic E-state index is 13.3. The molecule has 0 aromatic carbocycles. The van der Waals surface area contributed by atoms with Gasteiger partial charge in [0.2, 0.25) is 6.10 Å². The van der Waals surface area contributed by atoms with E-state index >= 15 is 0 Å². The molecule has 5 rings (SSSR count). The fourth-order valence-corrected chi connectivity index (χ4v) is 8.09. The predicted molar refractivity (Wildman–Crippen MR) is 116 cm³/mol. The van der Waals surface area contributed by atoms with Crippen LogP contribution >= 0.6 is 0 Å². The molecule has 2 aliphatic heterocycles. The minimum atomic E-state index is -1.43. The number of rotatable bonds is 3. The first kappa shape index (κ1) is 23.9. The molecular formula is C25H34O9. The Morgan fingerprint density at radius 2 is 1.91 bits per heavy atom. The fourth-order valence-electron chi connectivity index (χ4n) is 8.09. The minimum Gasteiger partial charge on any atom is -0.459 e. The van der Waals surface area contributed by atoms with Gasteiger partial charge in [-0.25, -0.2) is 4.79 Å². The fraction of sp³-hybridized carbons (Fsp3) is 0.800. The molecule has 0 unspecified atom stereocenters. The van der Waals surface area contributed by atoms with Crippen molar-refractivity contribution in [1.82, 2.24) is 0 Å². The summed E-state index contributed by atoms with van der Waals surface area (Å²) < 4.78 is 17.8. The van der Waals surface area contributed by atoms with Crippen molar-refractivity contribution >= 4 is 17.7 Å². The second-order valence-electron chi connectivity index (χ2n) is 11.4. The van der Waals surface area contributed by atoms with Gasteiger partial charge in [0, 0.05) is 16.7 Å². The van der Waals surface area contributed by atoms with E-state index in [1.54, 1.807) is 27.7 Å². The van der Waals surface area contributed by atoms with Gasteiger partial charge in [0.1, 0.15) is 23.9 Å². The maximum Gasteiger partial charge on any atom is 0.348 e. The summed E-state index contributed by atoms with van der Waals surface area (Å²) in [5.41, 5.74) is -2.84. The molecule has 0 radical (unpaired) electrons. The van der Waals surface area contributed by atoms with Crippen LogP contribution in [0.1, 0.15) is 47.5 Å². The van der Waals surface area contributed by atoms with Gasteiger partial charge in [-0.1, -0.05) is 26.3 Å². The van der Waals surface area contributed by atoms with E-state index in [2.05, 4.69) is 0 Å². The number of esters is 2. The lowest BCUT2D eigenvalue weighted by Gasteiger charge is -2.68. The number of ether oxygens (including phenoxy) is 3. The predicted octanol–water partition coefficient (Wildman–Crippen LogP) is 0.529. The second-order valence-corrected chi connectivity index (χ2v) is 11.4. The van der Waals surface area contributed by atoms with E-state index in [0.717, 1.165) is 5.57 Å². The van der Waals surface area contributed by atoms with Crippen molar-refractivity contribution in [3.05, 3.63) is 11.6 Å². The number of aliphatic hydroxyl groups is 3. The lowest BCUT2D eigenvalue weighted by Crippen LogP contribution is -2.78. The third-order valence-corrected chi connectivity index (χ3v) is 9.96. The van der Waals surface area contributed by atoms with Crippen molar-refractivity contribution in [2.24, 2.45) is 34.5 Å². The topological polar surface area (TPSA) is 140 Å². The molecule has 5 aliphatic rings. The molecule has 12 atom stereocenters. The number of hydrogen-bond donors (Lipinski definition) is 3. The Kier molecular flexibility index (Phi) is 5.17. The van der Waals surface area contributed by atoms with Crippen LogP contribution < -0.4 is 0 Å². The number of allylic oxidation sites excluding steroid dienone is 1. The van der Waals surface area contributed by atoms with Crippen LogP contribution in [0.2, 0.25) is 0 Å². The van der Waals surface area contributed by atoms with Crippen LogP contribution in [0.5, 0.6) is 0 Å². The highest BCUT2D eigenvalue weighted by Gasteiger charge is 2.82. The quantitative estimate of drug-likeness (QED) is 0.496. The standard InChI is InChI=1S/C25H34O9/c1-6-10(2)21(30)34-16-18-24(5)20(29)15(27)17-23(4)12(11(3)7-13(26)19(23)28)8-14(33-22(16)31)25(17,18)9-32-24/h7,10,12,14-20,27-29H,6,8-9H2,1-5H3/t10-,12+,14-,15-,16-,17-,18+,19-,20-,23+,24-,25-/m1/s1. The molecule has 3 N–H and O–H groups in total. The van der Waals surface area contributed by atoms with E-state index in [4.69, 9.17) is 14.2 Å². The number of fused-ring (bicyclic) bond motifs is 2. The summed E-state index contributed by atoms with van der Waals surface area (Å²) >= 11 is 0. The van der Waals surface area contributed by atoms with Gasteiger partial charge in [0.25, 0.3) is 0 Å². The van der Waals surface area contributed by atoms with Crippen LogP contribution in [-0.4, -0.2) is 75.8 Å². The van der Waals surface area contributed by atoms with E-state index in [-0.39, 0.29) is 12.5 Å². The van der Waals surface area contributed by atoms with Crippen molar-refractivity contribution < 1.29 is 43.9 Å². The Labute approximate surface area is 198 Å². The first-order chi connectivity index (χ1) is 15.8. The SMILES string of the molecule is CC[C@@H](C)C(=O)O[C@H]1C(=O)O[C@@H]2C[C@H]3C(C)=CC(=O)[C@@H](O)[C@]3(C)[C@H]3[C@@H](O)[C@@H](O)[C@]4(C)OC[C@]32[C@@H]14. The number of carbonyl (C=O) groups is 3. The molecular weight excluding hydrogens is 444 g/mol. The van der Waals surface area contributed by atoms with Gasteiger partial charge >= 0.3 is 11.9 Å². The normalized spacial score (nSPS) is 52.2. The Morgan fingerprint density at radius 1 is 1.24 bits per heavy atom. The van der Waals surface area contributed by atoms with E-state index in [1.165, 1.54) is 6.08 Å². The lowest BCUT2D eigenvalue weighted by atomic mass is 9.38. The molecule has 2 saturated carbocycles. The van der Waals surface area contributed by atoms with Gasteiger partial charge in [-0.05, 0) is 38.7 Å². The van der Waals surface area contributed by atoms with Crippen molar-refractivity contribution in [2.75, 3.05) is 6.61 Å². The molecule has 9 heteroatoms. The third-order valence-electron chi connectivity index (χ3n) is 9.96. The molecule has 188 valence electrons. The van der Waals surface area contributed by atoms with Crippen molar-refractivity contribution in [1.29, 1.82) is 0 Å². The average molecular weight is 479 g/mol. The third kappa shape index (κ3) is 2.61. The summed E-state index contributed by atoms with van der Waals surface area (Å²) in [5.74, 6) is -4.16. The number of carbonyl (C=O) groups excluding carboxylic acids is 3. The summed E-state index contributed by atoms with van der Waals surface area (Å²) in [5, 5.41) is 34.0. The highest BCUT2D eigenvalue weighted by molar-refractivity contribution is 5.96. The van der Waals surface area contributed by atoms with Gasteiger partial charge in [0.15, 0.2) is 5.78 Å². The second kappa shape index (κ2) is 7.35. The van der Waals surface area contributed by atoms with Gasteiger partial charge in [-0.2, -0.15) is 0 Å². The number of ketones is 1. The molecule has 9 nitrogen and oxygen atoms in total. The zero-order valence-corrected chi connectivity index (χ0v) is 20.2. The summed E-state index contributed by atoms with van der Waals surface area (Å²) in [6.07, 6.45) is -3.95. The van der Waals surface area contributed by atoms with Gasteiger partial charge < -0.3 is 29.5 Å². The summed E-state index contributed by atoms with van der Waals surface area (Å²) in [6.45, 7) is 8.76. The minimum absolute atomic E-state index is 0.0360. The van der Waals surface area contributed by atoms with E-state index < -0.39 is 82.4 Å². The van der Waals surface area contributed by atoms with Crippen LogP contribution in [0.15, 0.2) is 11.6 Å². The molecule has 2 heterocycles. The van der Waals surface area contributed by atoms with Crippen LogP contribution in [0, 0.1) is 34.5 Å². The molecule has 0 amide bonds. The van der Waals surface area contributed by atoms with Crippen molar-refractivity contribution in [2.45, 2.75) is 83.6 Å². The van der Waals surface area contributed by atoms with E-state index in [9.17, 15) is 29.7 Å². The van der Waals surface area contributed by atoms with Crippen LogP contribution in [-0.2, 0) is 28.6 Å². The molecule has 2 saturated heterocycles. The van der Waals surface area contributed by atoms with Crippen LogP contribution in [0.25, 0.3) is 0 Å². The van der Waals surface area contributed by atoms with Gasteiger partial charge in [-0.15, -0.1) is 0 Å². The molecule has 4 fully saturated rings. The van der Waals surface area contributed by atoms with E-state index in [0.29, 0.717) is 12.8 Å². The molecule has 0 aromatic rings. The van der Waals surface area contributed by atoms with Gasteiger partial charge in [-0.3, -0.25) is 9.59 Å². The van der Waals surface area contributed by atoms with Crippen LogP contribution in [0.3, 0.4) is 0 Å². The van der Waals surface area contributed by atoms with Crippen molar-refractivity contribution in [3.63, 3.8) is 0 Å². The zero-order chi connectivity index (χ0) is 25.0. The Balaban J connectivity index is 1.69. The average Bonchev–Trinajstić information content (AvgIpc) is 3.06. The number of hydrogen-bond acceptors (Lipinski definition) is 9. The van der Waals surface area contributed by atoms with Crippen molar-refractivity contribution in [3.8, 4) is 0 Å². The number of aliphatic hydroxyl groups excluding tert-OH is 3. The highest BCUT2D eigenvalue weighted by atomic mass is 16.6. The highest BCUT2D eigenvalue weighted by Crippen LogP contribution is 2.72. The maximum atomic E-state index is 13.3. The lowest BCUT2D eigenvalue weighted by molar-refractivity contribution is -0.297. The molecule has 34 heavy (non-hydrogen) atoms. The molecule has 2 bridgehead atoms. The first-order valence-corrected chi connectivity index (χ1v) is 12.2. The summed E-state index contributed by atoms with van der Waals surface area (Å²) in [7, 11) is 0. The summed E-state index contributed by atoms with van der Waals surface area (Å²) in [6, 6.07) is 0. The Morgan fingerprint density at radius 3 is 2.56 bits per heavy atom. The van der Waals surface area contributed by atoms with Gasteiger partial charge in [0.05, 0.1) is 24.5 Å². The largest absolute Gasteiger partial charge is 0.459 e. The first-order valence-electron chi connectivity index (χ1n) is 12.2. The smallest absolute Gasteiger partial charge is 0.348 e. The zero-order valence-electron chi connectivity index (χ0n) is 20.2. The Hall–Kier alpha value is -1.81. The van der Waals surface area contributed by atoms with Crippen LogP contribution in [0.4, 0.5) is 0 Å². The summed E-state index contributed by atoms with van der Waals surface area (Å²) in [4.78, 5) is 38.8. The Bertz CT molecular complexity index is 975. The molecule has 1 spiro atoms.